The molecule has 5 aromatic rings. The minimum absolute atomic E-state index is 0.455. The van der Waals surface area contributed by atoms with Gasteiger partial charge in [-0.2, -0.15) is 0 Å². The minimum atomic E-state index is 0.455. The molecule has 3 heteroatoms. The number of pyridine rings is 2. The van der Waals surface area contributed by atoms with Crippen LogP contribution in [0.2, 0.25) is 0 Å². The fourth-order valence-corrected chi connectivity index (χ4v) is 4.56. The van der Waals surface area contributed by atoms with E-state index in [4.69, 9.17) is 14.4 Å². The molecule has 31 heavy (non-hydrogen) atoms. The Labute approximate surface area is 182 Å². The largest absolute Gasteiger partial charge is 0.437 e. The zero-order chi connectivity index (χ0) is 21.7. The summed E-state index contributed by atoms with van der Waals surface area (Å²) in [5.74, 6) is 0.455. The summed E-state index contributed by atoms with van der Waals surface area (Å²) in [6.45, 7) is 10.8. The summed E-state index contributed by atoms with van der Waals surface area (Å²) in [6, 6.07) is 19.0. The highest BCUT2D eigenvalue weighted by Crippen LogP contribution is 2.37. The van der Waals surface area contributed by atoms with Crippen LogP contribution in [-0.4, -0.2) is 9.97 Å². The second kappa shape index (κ2) is 7.35. The molecule has 0 aliphatic carbocycles. The van der Waals surface area contributed by atoms with E-state index < -0.39 is 0 Å². The van der Waals surface area contributed by atoms with Crippen LogP contribution in [0.25, 0.3) is 44.6 Å². The van der Waals surface area contributed by atoms with E-state index in [1.54, 1.807) is 0 Å². The second-order valence-electron chi connectivity index (χ2n) is 8.68. The van der Waals surface area contributed by atoms with Crippen LogP contribution >= 0.6 is 0 Å². The molecule has 5 rings (SSSR count). The van der Waals surface area contributed by atoms with Gasteiger partial charge < -0.3 is 4.42 Å². The van der Waals surface area contributed by atoms with Crippen LogP contribution in [0.3, 0.4) is 0 Å². The maximum absolute atomic E-state index is 6.35. The van der Waals surface area contributed by atoms with Crippen molar-refractivity contribution in [2.24, 2.45) is 0 Å². The van der Waals surface area contributed by atoms with Gasteiger partial charge in [0.1, 0.15) is 5.58 Å². The Balaban J connectivity index is 1.70. The number of aryl methyl sites for hydroxylation is 3. The van der Waals surface area contributed by atoms with Crippen LogP contribution < -0.4 is 0 Å². The molecule has 0 amide bonds. The van der Waals surface area contributed by atoms with E-state index in [9.17, 15) is 0 Å². The van der Waals surface area contributed by atoms with Crippen molar-refractivity contribution in [2.75, 3.05) is 0 Å². The smallest absolute Gasteiger partial charge is 0.227 e. The molecule has 0 radical (unpaired) electrons. The average Bonchev–Trinajstić information content (AvgIpc) is 3.11. The Morgan fingerprint density at radius 2 is 1.52 bits per heavy atom. The van der Waals surface area contributed by atoms with E-state index in [0.29, 0.717) is 11.6 Å². The third-order valence-corrected chi connectivity index (χ3v) is 6.15. The Kier molecular flexibility index (Phi) is 4.62. The maximum Gasteiger partial charge on any atom is 0.227 e. The Hall–Kier alpha value is -3.46. The van der Waals surface area contributed by atoms with E-state index in [0.717, 1.165) is 33.3 Å². The number of benzene rings is 2. The van der Waals surface area contributed by atoms with Gasteiger partial charge in [-0.1, -0.05) is 44.2 Å². The highest BCUT2D eigenvalue weighted by atomic mass is 16.3. The number of hydrogen-bond acceptors (Lipinski definition) is 3. The first-order valence-electron chi connectivity index (χ1n) is 10.8. The van der Waals surface area contributed by atoms with Gasteiger partial charge in [0.2, 0.25) is 5.71 Å². The number of nitrogens with zero attached hydrogens (tertiary/aromatic N) is 2. The van der Waals surface area contributed by atoms with Gasteiger partial charge in [-0.15, -0.1) is 0 Å². The molecule has 0 bridgehead atoms. The number of rotatable bonds is 3. The first kappa shape index (κ1) is 19.5. The summed E-state index contributed by atoms with van der Waals surface area (Å²) >= 11 is 0. The van der Waals surface area contributed by atoms with E-state index in [1.807, 2.05) is 6.20 Å². The summed E-state index contributed by atoms with van der Waals surface area (Å²) in [5.41, 5.74) is 10.5. The zero-order valence-corrected chi connectivity index (χ0v) is 18.7. The zero-order valence-electron chi connectivity index (χ0n) is 18.7. The van der Waals surface area contributed by atoms with E-state index in [2.05, 4.69) is 89.2 Å². The van der Waals surface area contributed by atoms with Gasteiger partial charge in [-0.25, -0.2) is 4.98 Å². The van der Waals surface area contributed by atoms with Crippen LogP contribution in [0, 0.1) is 20.8 Å². The molecule has 0 N–H and O–H groups in total. The summed E-state index contributed by atoms with van der Waals surface area (Å²) in [4.78, 5) is 9.67. The summed E-state index contributed by atoms with van der Waals surface area (Å²) < 4.78 is 6.35. The summed E-state index contributed by atoms with van der Waals surface area (Å²) in [5, 5.41) is 2.10. The molecule has 3 nitrogen and oxygen atoms in total. The van der Waals surface area contributed by atoms with Gasteiger partial charge in [-0.05, 0) is 73.2 Å². The minimum Gasteiger partial charge on any atom is -0.437 e. The molecule has 154 valence electrons. The quantitative estimate of drug-likeness (QED) is 0.307. The summed E-state index contributed by atoms with van der Waals surface area (Å²) in [7, 11) is 0. The molecular weight excluding hydrogens is 380 g/mol. The molecule has 0 saturated carbocycles. The monoisotopic (exact) mass is 406 g/mol. The third kappa shape index (κ3) is 3.21. The molecule has 0 fully saturated rings. The molecule has 3 aromatic heterocycles. The average molecular weight is 407 g/mol. The van der Waals surface area contributed by atoms with Crippen molar-refractivity contribution in [1.29, 1.82) is 0 Å². The lowest BCUT2D eigenvalue weighted by molar-refractivity contribution is 0.655. The SMILES string of the molecule is Cc1cc(-c2cccc3c2oc2nc(-c4c(C)cccc4C)ccc23)ncc1C(C)C. The molecule has 0 saturated heterocycles. The predicted molar refractivity (Wildman–Crippen MR) is 128 cm³/mol. The standard InChI is InChI=1S/C28H26N2O/c1-16(2)23-15-29-25(14-19(23)5)22-11-7-10-20-21-12-13-24(30-28(21)31-27(20)22)26-17(3)8-6-9-18(26)4/h6-16H,1-5H3. The van der Waals surface area contributed by atoms with Crippen molar-refractivity contribution in [3.63, 3.8) is 0 Å². The van der Waals surface area contributed by atoms with Crippen LogP contribution in [0.1, 0.15) is 42.0 Å². The van der Waals surface area contributed by atoms with E-state index in [1.165, 1.54) is 27.8 Å². The highest BCUT2D eigenvalue weighted by Gasteiger charge is 2.16. The number of para-hydroxylation sites is 1. The fourth-order valence-electron chi connectivity index (χ4n) is 4.56. The number of furan rings is 1. The Morgan fingerprint density at radius 3 is 2.23 bits per heavy atom. The molecule has 0 unspecified atom stereocenters. The molecule has 0 aliphatic rings. The first-order valence-corrected chi connectivity index (χ1v) is 10.8. The molecule has 0 spiro atoms. The fraction of sp³-hybridized carbons (Fsp3) is 0.214. The van der Waals surface area contributed by atoms with Crippen molar-refractivity contribution in [3.8, 4) is 22.5 Å². The van der Waals surface area contributed by atoms with Crippen molar-refractivity contribution >= 4 is 22.1 Å². The normalized spacial score (nSPS) is 11.7. The lowest BCUT2D eigenvalue weighted by Gasteiger charge is -2.11. The van der Waals surface area contributed by atoms with Crippen LogP contribution in [0.15, 0.2) is 65.2 Å². The number of hydrogen-bond donors (Lipinski definition) is 0. The van der Waals surface area contributed by atoms with Crippen molar-refractivity contribution in [3.05, 3.63) is 83.0 Å². The van der Waals surface area contributed by atoms with Gasteiger partial charge in [-0.3, -0.25) is 4.98 Å². The van der Waals surface area contributed by atoms with Gasteiger partial charge in [0.25, 0.3) is 0 Å². The topological polar surface area (TPSA) is 38.9 Å². The first-order chi connectivity index (χ1) is 14.9. The van der Waals surface area contributed by atoms with Crippen LogP contribution in [0.4, 0.5) is 0 Å². The second-order valence-corrected chi connectivity index (χ2v) is 8.68. The third-order valence-electron chi connectivity index (χ3n) is 6.15. The Bertz CT molecular complexity index is 1420. The van der Waals surface area contributed by atoms with Crippen molar-refractivity contribution in [1.82, 2.24) is 9.97 Å². The highest BCUT2D eigenvalue weighted by molar-refractivity contribution is 6.08. The molecule has 3 heterocycles. The lowest BCUT2D eigenvalue weighted by atomic mass is 9.98. The van der Waals surface area contributed by atoms with E-state index in [-0.39, 0.29) is 0 Å². The van der Waals surface area contributed by atoms with Gasteiger partial charge >= 0.3 is 0 Å². The maximum atomic E-state index is 6.35. The molecule has 0 atom stereocenters. The van der Waals surface area contributed by atoms with Crippen LogP contribution in [-0.2, 0) is 0 Å². The molecule has 2 aromatic carbocycles. The predicted octanol–water partition coefficient (Wildman–Crippen LogP) is 7.76. The number of fused-ring (bicyclic) bond motifs is 3. The Morgan fingerprint density at radius 1 is 0.774 bits per heavy atom. The molecule has 0 aliphatic heterocycles. The van der Waals surface area contributed by atoms with Gasteiger partial charge in [0.05, 0.1) is 11.4 Å². The van der Waals surface area contributed by atoms with Crippen LogP contribution in [0.5, 0.6) is 0 Å². The lowest BCUT2D eigenvalue weighted by Crippen LogP contribution is -1.95. The van der Waals surface area contributed by atoms with Crippen molar-refractivity contribution in [2.45, 2.75) is 40.5 Å². The van der Waals surface area contributed by atoms with E-state index >= 15 is 0 Å². The number of aromatic nitrogens is 2. The van der Waals surface area contributed by atoms with Gasteiger partial charge in [0, 0.05) is 28.1 Å². The molecular formula is C28H26N2O. The summed E-state index contributed by atoms with van der Waals surface area (Å²) in [6.07, 6.45) is 1.99. The van der Waals surface area contributed by atoms with Gasteiger partial charge in [0.15, 0.2) is 0 Å². The van der Waals surface area contributed by atoms with Crippen molar-refractivity contribution < 1.29 is 4.42 Å².